The third kappa shape index (κ3) is 3.93. The fraction of sp³-hybridized carbons (Fsp3) is 0.412. The van der Waals surface area contributed by atoms with Crippen LogP contribution in [-0.4, -0.2) is 25.3 Å². The van der Waals surface area contributed by atoms with Crippen LogP contribution < -0.4 is 0 Å². The van der Waals surface area contributed by atoms with Gasteiger partial charge in [0.15, 0.2) is 4.77 Å². The molecule has 4 nitrogen and oxygen atoms in total. The van der Waals surface area contributed by atoms with Crippen LogP contribution in [0.25, 0.3) is 0 Å². The molecule has 1 aromatic heterocycles. The Morgan fingerprint density at radius 1 is 1.32 bits per heavy atom. The highest BCUT2D eigenvalue weighted by Gasteiger charge is 2.14. The van der Waals surface area contributed by atoms with Crippen molar-refractivity contribution in [2.45, 2.75) is 46.6 Å². The van der Waals surface area contributed by atoms with E-state index in [0.717, 1.165) is 17.1 Å². The fourth-order valence-electron chi connectivity index (χ4n) is 2.37. The van der Waals surface area contributed by atoms with Crippen molar-refractivity contribution < 1.29 is 0 Å². The summed E-state index contributed by atoms with van der Waals surface area (Å²) in [7, 11) is 0. The van der Waals surface area contributed by atoms with Crippen LogP contribution in [-0.2, 0) is 19.8 Å². The van der Waals surface area contributed by atoms with Gasteiger partial charge in [0.1, 0.15) is 5.82 Å². The zero-order valence-electron chi connectivity index (χ0n) is 13.6. The number of hydrogen-bond donors (Lipinski definition) is 0. The number of benzene rings is 1. The molecule has 0 radical (unpaired) electrons. The standard InChI is InChI=1S/C17H24N4S/c1-5-11-20-15(4)18-21(17(20)22)13-19(14(2)3)12-16-9-7-6-8-10-16/h5-10,14H,1,11-13H2,2-4H3. The highest BCUT2D eigenvalue weighted by atomic mass is 32.1. The summed E-state index contributed by atoms with van der Waals surface area (Å²) in [4.78, 5) is 2.36. The molecule has 0 amide bonds. The van der Waals surface area contributed by atoms with Crippen LogP contribution in [0.1, 0.15) is 25.2 Å². The maximum atomic E-state index is 5.54. The summed E-state index contributed by atoms with van der Waals surface area (Å²) in [5, 5.41) is 4.58. The average Bonchev–Trinajstić information content (AvgIpc) is 2.75. The van der Waals surface area contributed by atoms with Crippen molar-refractivity contribution in [1.82, 2.24) is 19.2 Å². The van der Waals surface area contributed by atoms with E-state index in [1.54, 1.807) is 0 Å². The van der Waals surface area contributed by atoms with Crippen molar-refractivity contribution in [2.75, 3.05) is 0 Å². The molecule has 2 rings (SSSR count). The summed E-state index contributed by atoms with van der Waals surface area (Å²) in [6.45, 7) is 12.4. The molecule has 0 bridgehead atoms. The number of hydrogen-bond acceptors (Lipinski definition) is 3. The van der Waals surface area contributed by atoms with E-state index in [9.17, 15) is 0 Å². The number of aryl methyl sites for hydroxylation is 1. The lowest BCUT2D eigenvalue weighted by Crippen LogP contribution is -2.33. The second-order valence-electron chi connectivity index (χ2n) is 5.70. The van der Waals surface area contributed by atoms with Gasteiger partial charge in [-0.3, -0.25) is 4.90 Å². The number of rotatable bonds is 7. The molecule has 0 fully saturated rings. The Morgan fingerprint density at radius 2 is 2.00 bits per heavy atom. The van der Waals surface area contributed by atoms with Gasteiger partial charge in [0.25, 0.3) is 0 Å². The zero-order valence-corrected chi connectivity index (χ0v) is 14.4. The fourth-order valence-corrected chi connectivity index (χ4v) is 2.67. The molecule has 22 heavy (non-hydrogen) atoms. The summed E-state index contributed by atoms with van der Waals surface area (Å²) < 4.78 is 4.65. The van der Waals surface area contributed by atoms with Gasteiger partial charge in [-0.1, -0.05) is 36.4 Å². The van der Waals surface area contributed by atoms with Gasteiger partial charge in [0.2, 0.25) is 0 Å². The molecular formula is C17H24N4S. The Bertz CT molecular complexity index is 670. The summed E-state index contributed by atoms with van der Waals surface area (Å²) in [5.41, 5.74) is 1.30. The molecule has 0 spiro atoms. The monoisotopic (exact) mass is 316 g/mol. The largest absolute Gasteiger partial charge is 0.300 e. The Hall–Kier alpha value is -1.72. The second kappa shape index (κ2) is 7.51. The SMILES string of the molecule is C=CCn1c(C)nn(CN(Cc2ccccc2)C(C)C)c1=S. The Balaban J connectivity index is 2.20. The summed E-state index contributed by atoms with van der Waals surface area (Å²) >= 11 is 5.54. The predicted molar refractivity (Wildman–Crippen MR) is 93.1 cm³/mol. The van der Waals surface area contributed by atoms with Gasteiger partial charge in [-0.15, -0.1) is 6.58 Å². The topological polar surface area (TPSA) is 26.0 Å². The number of nitrogens with zero attached hydrogens (tertiary/aromatic N) is 4. The van der Waals surface area contributed by atoms with E-state index in [4.69, 9.17) is 12.2 Å². The van der Waals surface area contributed by atoms with E-state index in [-0.39, 0.29) is 0 Å². The first-order chi connectivity index (χ1) is 10.5. The number of aromatic nitrogens is 3. The van der Waals surface area contributed by atoms with Crippen LogP contribution in [0.15, 0.2) is 43.0 Å². The maximum Gasteiger partial charge on any atom is 0.199 e. The first-order valence-electron chi connectivity index (χ1n) is 7.56. The van der Waals surface area contributed by atoms with Gasteiger partial charge in [-0.05, 0) is 38.6 Å². The minimum Gasteiger partial charge on any atom is -0.300 e. The quantitative estimate of drug-likeness (QED) is 0.574. The molecule has 0 N–H and O–H groups in total. The van der Waals surface area contributed by atoms with Crippen LogP contribution in [0.2, 0.25) is 0 Å². The van der Waals surface area contributed by atoms with E-state index < -0.39 is 0 Å². The van der Waals surface area contributed by atoms with E-state index in [1.165, 1.54) is 5.56 Å². The molecule has 0 unspecified atom stereocenters. The minimum atomic E-state index is 0.409. The van der Waals surface area contributed by atoms with E-state index in [0.29, 0.717) is 19.3 Å². The molecule has 0 saturated carbocycles. The molecule has 5 heteroatoms. The minimum absolute atomic E-state index is 0.409. The first-order valence-corrected chi connectivity index (χ1v) is 7.97. The van der Waals surface area contributed by atoms with Gasteiger partial charge in [-0.2, -0.15) is 5.10 Å². The third-order valence-electron chi connectivity index (χ3n) is 3.69. The molecule has 2 aromatic rings. The highest BCUT2D eigenvalue weighted by Crippen LogP contribution is 2.11. The van der Waals surface area contributed by atoms with E-state index in [1.807, 2.05) is 28.3 Å². The lowest BCUT2D eigenvalue weighted by Gasteiger charge is -2.26. The summed E-state index contributed by atoms with van der Waals surface area (Å²) in [6.07, 6.45) is 1.85. The molecule has 0 aliphatic carbocycles. The lowest BCUT2D eigenvalue weighted by molar-refractivity contribution is 0.153. The van der Waals surface area contributed by atoms with Gasteiger partial charge >= 0.3 is 0 Å². The molecule has 0 atom stereocenters. The lowest BCUT2D eigenvalue weighted by atomic mass is 10.2. The molecule has 0 aliphatic rings. The van der Waals surface area contributed by atoms with Crippen molar-refractivity contribution in [3.05, 3.63) is 59.1 Å². The van der Waals surface area contributed by atoms with Gasteiger partial charge in [-0.25, -0.2) is 4.68 Å². The molecule has 0 aliphatic heterocycles. The summed E-state index contributed by atoms with van der Waals surface area (Å²) in [6, 6.07) is 10.9. The molecule has 1 heterocycles. The average molecular weight is 316 g/mol. The van der Waals surface area contributed by atoms with Crippen LogP contribution in [0, 0.1) is 11.7 Å². The van der Waals surface area contributed by atoms with Crippen molar-refractivity contribution in [2.24, 2.45) is 0 Å². The molecule has 0 saturated heterocycles. The van der Waals surface area contributed by atoms with E-state index in [2.05, 4.69) is 54.7 Å². The van der Waals surface area contributed by atoms with Crippen LogP contribution in [0.5, 0.6) is 0 Å². The van der Waals surface area contributed by atoms with Gasteiger partial charge < -0.3 is 4.57 Å². The van der Waals surface area contributed by atoms with Crippen molar-refractivity contribution >= 4 is 12.2 Å². The van der Waals surface area contributed by atoms with Crippen molar-refractivity contribution in [1.29, 1.82) is 0 Å². The van der Waals surface area contributed by atoms with Crippen LogP contribution >= 0.6 is 12.2 Å². The van der Waals surface area contributed by atoms with E-state index >= 15 is 0 Å². The third-order valence-corrected chi connectivity index (χ3v) is 4.12. The second-order valence-corrected chi connectivity index (χ2v) is 6.06. The van der Waals surface area contributed by atoms with Crippen molar-refractivity contribution in [3.8, 4) is 0 Å². The zero-order chi connectivity index (χ0) is 16.1. The molecular weight excluding hydrogens is 292 g/mol. The van der Waals surface area contributed by atoms with Crippen LogP contribution in [0.3, 0.4) is 0 Å². The smallest absolute Gasteiger partial charge is 0.199 e. The normalized spacial score (nSPS) is 11.3. The Labute approximate surface area is 137 Å². The Kier molecular flexibility index (Phi) is 5.69. The highest BCUT2D eigenvalue weighted by molar-refractivity contribution is 7.71. The van der Waals surface area contributed by atoms with Crippen molar-refractivity contribution in [3.63, 3.8) is 0 Å². The molecule has 118 valence electrons. The van der Waals surface area contributed by atoms with Gasteiger partial charge in [0.05, 0.1) is 6.67 Å². The summed E-state index contributed by atoms with van der Waals surface area (Å²) in [5.74, 6) is 0.924. The van der Waals surface area contributed by atoms with Gasteiger partial charge in [0, 0.05) is 19.1 Å². The molecule has 1 aromatic carbocycles. The number of allylic oxidation sites excluding steroid dienone is 1. The maximum absolute atomic E-state index is 5.54. The Morgan fingerprint density at radius 3 is 2.59 bits per heavy atom. The first kappa shape index (κ1) is 16.6. The van der Waals surface area contributed by atoms with Crippen LogP contribution in [0.4, 0.5) is 0 Å². The predicted octanol–water partition coefficient (Wildman–Crippen LogP) is 3.78.